The fourth-order valence-corrected chi connectivity index (χ4v) is 5.30. The van der Waals surface area contributed by atoms with E-state index < -0.39 is 18.2 Å². The van der Waals surface area contributed by atoms with Gasteiger partial charge in [0.2, 0.25) is 6.23 Å². The first-order valence-corrected chi connectivity index (χ1v) is 11.8. The van der Waals surface area contributed by atoms with E-state index in [0.717, 1.165) is 61.9 Å². The molecule has 4 heterocycles. The summed E-state index contributed by atoms with van der Waals surface area (Å²) >= 11 is 6.17. The molecule has 0 N–H and O–H groups in total. The zero-order valence-electron chi connectivity index (χ0n) is 18.4. The van der Waals surface area contributed by atoms with E-state index in [0.29, 0.717) is 23.9 Å². The molecule has 2 aromatic rings. The van der Waals surface area contributed by atoms with Crippen molar-refractivity contribution in [2.75, 3.05) is 55.9 Å². The van der Waals surface area contributed by atoms with Crippen LogP contribution in [0.5, 0.6) is 11.5 Å². The molecule has 34 heavy (non-hydrogen) atoms. The summed E-state index contributed by atoms with van der Waals surface area (Å²) in [5.41, 5.74) is 2.71. The van der Waals surface area contributed by atoms with Gasteiger partial charge >= 0.3 is 11.9 Å². The highest BCUT2D eigenvalue weighted by molar-refractivity contribution is 6.31. The van der Waals surface area contributed by atoms with Crippen molar-refractivity contribution >= 4 is 34.9 Å². The van der Waals surface area contributed by atoms with E-state index in [2.05, 4.69) is 15.9 Å². The molecule has 2 fully saturated rings. The van der Waals surface area contributed by atoms with Crippen molar-refractivity contribution in [2.24, 2.45) is 0 Å². The third-order valence-corrected chi connectivity index (χ3v) is 7.03. The highest BCUT2D eigenvalue weighted by atomic mass is 35.5. The maximum atomic E-state index is 11.9. The number of nitrogens with zero attached hydrogens (tertiary/aromatic N) is 3. The summed E-state index contributed by atoms with van der Waals surface area (Å²) < 4.78 is 17.1. The summed E-state index contributed by atoms with van der Waals surface area (Å²) in [6.45, 7) is 5.51. The molecule has 0 aliphatic carbocycles. The van der Waals surface area contributed by atoms with E-state index >= 15 is 0 Å². The van der Waals surface area contributed by atoms with Crippen LogP contribution in [-0.2, 0) is 19.2 Å². The zero-order chi connectivity index (χ0) is 23.2. The minimum atomic E-state index is -1.02. The minimum Gasteiger partial charge on any atom is -0.486 e. The van der Waals surface area contributed by atoms with Crippen LogP contribution in [0.15, 0.2) is 36.4 Å². The van der Waals surface area contributed by atoms with Crippen LogP contribution in [-0.4, -0.2) is 69.0 Å². The topological polar surface area (TPSA) is 80.8 Å². The summed E-state index contributed by atoms with van der Waals surface area (Å²) in [7, 11) is 0. The van der Waals surface area contributed by atoms with Gasteiger partial charge in [0.05, 0.1) is 11.4 Å². The molecule has 0 radical (unpaired) electrons. The number of anilines is 2. The number of ether oxygens (including phenoxy) is 3. The van der Waals surface area contributed by atoms with E-state index in [4.69, 9.17) is 30.6 Å². The Morgan fingerprint density at radius 2 is 1.76 bits per heavy atom. The summed E-state index contributed by atoms with van der Waals surface area (Å²) in [6.07, 6.45) is 0.0751. The Kier molecular flexibility index (Phi) is 5.38. The normalized spacial score (nSPS) is 23.8. The lowest BCUT2D eigenvalue weighted by Gasteiger charge is -2.38. The average molecular weight is 486 g/mol. The number of halogens is 1. The van der Waals surface area contributed by atoms with Crippen LogP contribution < -0.4 is 19.4 Å². The third kappa shape index (κ3) is 3.69. The fourth-order valence-electron chi connectivity index (χ4n) is 5.13. The number of para-hydroxylation sites is 1. The molecular formula is C24H24ClN3O6. The molecule has 4 aliphatic heterocycles. The van der Waals surface area contributed by atoms with Gasteiger partial charge in [-0.2, -0.15) is 5.06 Å². The predicted octanol–water partition coefficient (Wildman–Crippen LogP) is 2.57. The molecule has 2 atom stereocenters. The number of hydroxylamine groups is 1. The molecule has 0 aromatic heterocycles. The van der Waals surface area contributed by atoms with Gasteiger partial charge in [0.1, 0.15) is 13.2 Å². The van der Waals surface area contributed by atoms with Gasteiger partial charge in [0.15, 0.2) is 11.5 Å². The average Bonchev–Trinajstić information content (AvgIpc) is 3.14. The lowest BCUT2D eigenvalue weighted by atomic mass is 9.96. The van der Waals surface area contributed by atoms with Crippen molar-refractivity contribution in [2.45, 2.75) is 18.6 Å². The largest absolute Gasteiger partial charge is 0.486 e. The SMILES string of the molecule is O=C1OC2C(CCN3CCN(c4cccc5c4OCCO5)CC3)c3ccc(Cl)cc3N2OC1=O. The Morgan fingerprint density at radius 1 is 0.941 bits per heavy atom. The number of carbonyl (C=O) groups is 2. The monoisotopic (exact) mass is 485 g/mol. The molecule has 6 rings (SSSR count). The number of carbonyl (C=O) groups excluding carboxylic acids is 2. The van der Waals surface area contributed by atoms with Crippen LogP contribution in [0.4, 0.5) is 11.4 Å². The molecule has 0 amide bonds. The number of hydrogen-bond donors (Lipinski definition) is 0. The maximum Gasteiger partial charge on any atom is 0.441 e. The Bertz CT molecular complexity index is 1140. The van der Waals surface area contributed by atoms with Crippen LogP contribution in [0, 0.1) is 0 Å². The maximum absolute atomic E-state index is 11.9. The van der Waals surface area contributed by atoms with E-state index in [1.165, 1.54) is 5.06 Å². The second kappa shape index (κ2) is 8.56. The van der Waals surface area contributed by atoms with Gasteiger partial charge < -0.3 is 23.9 Å². The number of piperazine rings is 1. The van der Waals surface area contributed by atoms with Gasteiger partial charge in [-0.25, -0.2) is 9.59 Å². The lowest BCUT2D eigenvalue weighted by molar-refractivity contribution is -0.188. The molecule has 2 saturated heterocycles. The van der Waals surface area contributed by atoms with Gasteiger partial charge in [0.25, 0.3) is 0 Å². The zero-order valence-corrected chi connectivity index (χ0v) is 19.2. The number of esters is 1. The van der Waals surface area contributed by atoms with Crippen molar-refractivity contribution in [1.29, 1.82) is 0 Å². The number of benzene rings is 2. The second-order valence-electron chi connectivity index (χ2n) is 8.73. The first-order valence-electron chi connectivity index (χ1n) is 11.5. The molecule has 2 unspecified atom stereocenters. The minimum absolute atomic E-state index is 0.117. The molecule has 9 nitrogen and oxygen atoms in total. The van der Waals surface area contributed by atoms with Gasteiger partial charge in [-0.1, -0.05) is 23.7 Å². The molecule has 178 valence electrons. The summed E-state index contributed by atoms with van der Waals surface area (Å²) in [4.78, 5) is 33.7. The standard InChI is InChI=1S/C24H24ClN3O6/c25-15-4-5-16-17(22-28(19(16)14-15)34-24(30)23(29)33-22)6-7-26-8-10-27(11-9-26)18-2-1-3-20-21(18)32-13-12-31-20/h1-5,14,17,22H,6-13H2. The smallest absolute Gasteiger partial charge is 0.441 e. The molecule has 0 bridgehead atoms. The number of hydrogen-bond acceptors (Lipinski definition) is 9. The Morgan fingerprint density at radius 3 is 2.62 bits per heavy atom. The van der Waals surface area contributed by atoms with Crippen LogP contribution in [0.3, 0.4) is 0 Å². The molecule has 0 spiro atoms. The predicted molar refractivity (Wildman–Crippen MR) is 123 cm³/mol. The van der Waals surface area contributed by atoms with E-state index in [-0.39, 0.29) is 5.92 Å². The fraction of sp³-hybridized carbons (Fsp3) is 0.417. The number of fused-ring (bicyclic) bond motifs is 4. The van der Waals surface area contributed by atoms with Gasteiger partial charge in [-0.05, 0) is 42.8 Å². The first-order chi connectivity index (χ1) is 16.6. The Balaban J connectivity index is 1.12. The quantitative estimate of drug-likeness (QED) is 0.479. The Labute approximate surface area is 201 Å². The van der Waals surface area contributed by atoms with Crippen molar-refractivity contribution in [1.82, 2.24) is 4.90 Å². The van der Waals surface area contributed by atoms with Gasteiger partial charge in [-0.15, -0.1) is 0 Å². The van der Waals surface area contributed by atoms with E-state index in [9.17, 15) is 9.59 Å². The van der Waals surface area contributed by atoms with Crippen molar-refractivity contribution in [3.63, 3.8) is 0 Å². The van der Waals surface area contributed by atoms with E-state index in [1.54, 1.807) is 12.1 Å². The van der Waals surface area contributed by atoms with E-state index in [1.807, 2.05) is 18.2 Å². The van der Waals surface area contributed by atoms with Crippen LogP contribution in [0.25, 0.3) is 0 Å². The summed E-state index contributed by atoms with van der Waals surface area (Å²) in [5.74, 6) is -0.461. The van der Waals surface area contributed by atoms with Crippen LogP contribution >= 0.6 is 11.6 Å². The molecule has 0 saturated carbocycles. The molecule has 10 heteroatoms. The highest BCUT2D eigenvalue weighted by Crippen LogP contribution is 2.46. The first kappa shape index (κ1) is 21.4. The van der Waals surface area contributed by atoms with Gasteiger partial charge in [-0.3, -0.25) is 4.90 Å². The highest BCUT2D eigenvalue weighted by Gasteiger charge is 2.48. The molecule has 2 aromatic carbocycles. The van der Waals surface area contributed by atoms with Crippen molar-refractivity contribution in [3.05, 3.63) is 47.0 Å². The van der Waals surface area contributed by atoms with Crippen molar-refractivity contribution in [3.8, 4) is 11.5 Å². The van der Waals surface area contributed by atoms with Gasteiger partial charge in [0, 0.05) is 37.1 Å². The number of rotatable bonds is 4. The summed E-state index contributed by atoms with van der Waals surface area (Å²) in [5, 5.41) is 1.91. The Hall–Kier alpha value is -3.17. The van der Waals surface area contributed by atoms with Crippen LogP contribution in [0.2, 0.25) is 5.02 Å². The molecule has 4 aliphatic rings. The molecular weight excluding hydrogens is 462 g/mol. The van der Waals surface area contributed by atoms with Crippen molar-refractivity contribution < 1.29 is 28.6 Å². The second-order valence-corrected chi connectivity index (χ2v) is 9.17. The van der Waals surface area contributed by atoms with Crippen LogP contribution in [0.1, 0.15) is 17.9 Å². The lowest BCUT2D eigenvalue weighted by Crippen LogP contribution is -2.49. The third-order valence-electron chi connectivity index (χ3n) is 6.80. The summed E-state index contributed by atoms with van der Waals surface area (Å²) in [6, 6.07) is 11.5.